The summed E-state index contributed by atoms with van der Waals surface area (Å²) in [5, 5.41) is 0. The van der Waals surface area contributed by atoms with Crippen molar-refractivity contribution in [3.8, 4) is 23.7 Å². The molecule has 0 saturated heterocycles. The molecule has 0 aliphatic rings. The predicted octanol–water partition coefficient (Wildman–Crippen LogP) is 2.89. The van der Waals surface area contributed by atoms with E-state index in [0.717, 1.165) is 12.4 Å². The van der Waals surface area contributed by atoms with E-state index in [1.165, 1.54) is 0 Å². The Balaban J connectivity index is 2.27. The molecule has 2 heteroatoms. The molecular weight excluding hydrogens is 212 g/mol. The molecule has 0 atom stereocenters. The van der Waals surface area contributed by atoms with Gasteiger partial charge in [0.2, 0.25) is 0 Å². The minimum absolute atomic E-state index is 0.594. The van der Waals surface area contributed by atoms with Gasteiger partial charge in [0.15, 0.2) is 0 Å². The molecule has 0 N–H and O–H groups in total. The molecule has 2 nitrogen and oxygen atoms in total. The molecule has 0 saturated carbocycles. The lowest BCUT2D eigenvalue weighted by atomic mass is 10.4. The zero-order valence-corrected chi connectivity index (χ0v) is 9.77. The number of ether oxygens (including phenoxy) is 1. The predicted molar refractivity (Wildman–Crippen MR) is 68.9 cm³/mol. The number of furan rings is 1. The van der Waals surface area contributed by atoms with Gasteiger partial charge < -0.3 is 9.15 Å². The van der Waals surface area contributed by atoms with Crippen LogP contribution in [0.1, 0.15) is 12.7 Å². The van der Waals surface area contributed by atoms with Crippen molar-refractivity contribution in [1.82, 2.24) is 0 Å². The van der Waals surface area contributed by atoms with Crippen molar-refractivity contribution in [2.75, 3.05) is 13.2 Å². The summed E-state index contributed by atoms with van der Waals surface area (Å²) in [6, 6.07) is 3.69. The van der Waals surface area contributed by atoms with Crippen LogP contribution in [0.2, 0.25) is 0 Å². The van der Waals surface area contributed by atoms with E-state index in [9.17, 15) is 0 Å². The Bertz CT molecular complexity index is 470. The molecule has 0 amide bonds. The van der Waals surface area contributed by atoms with Crippen LogP contribution in [0.5, 0.6) is 0 Å². The maximum Gasteiger partial charge on any atom is 0.127 e. The highest BCUT2D eigenvalue weighted by Crippen LogP contribution is 2.00. The van der Waals surface area contributed by atoms with Crippen molar-refractivity contribution >= 4 is 6.08 Å². The van der Waals surface area contributed by atoms with Gasteiger partial charge in [-0.3, -0.25) is 0 Å². The average Bonchev–Trinajstić information content (AvgIpc) is 2.85. The molecule has 0 aromatic carbocycles. The fraction of sp³-hybridized carbons (Fsp3) is 0.200. The summed E-state index contributed by atoms with van der Waals surface area (Å²) in [6.07, 6.45) is 8.71. The molecule has 1 aromatic rings. The van der Waals surface area contributed by atoms with Gasteiger partial charge in [-0.25, -0.2) is 0 Å². The van der Waals surface area contributed by atoms with E-state index in [-0.39, 0.29) is 0 Å². The zero-order valence-electron chi connectivity index (χ0n) is 9.77. The normalized spacial score (nSPS) is 9.94. The lowest BCUT2D eigenvalue weighted by Crippen LogP contribution is -1.87. The Hall–Kier alpha value is -2.16. The summed E-state index contributed by atoms with van der Waals surface area (Å²) in [7, 11) is 0. The summed E-state index contributed by atoms with van der Waals surface area (Å²) in [6.45, 7) is 3.27. The summed E-state index contributed by atoms with van der Waals surface area (Å²) >= 11 is 0. The van der Waals surface area contributed by atoms with Gasteiger partial charge in [-0.2, -0.15) is 0 Å². The van der Waals surface area contributed by atoms with E-state index in [0.29, 0.717) is 6.61 Å². The van der Waals surface area contributed by atoms with Crippen LogP contribution >= 0.6 is 0 Å². The van der Waals surface area contributed by atoms with Gasteiger partial charge in [-0.15, -0.1) is 0 Å². The molecule has 1 heterocycles. The lowest BCUT2D eigenvalue weighted by molar-refractivity contribution is 0.177. The Labute approximate surface area is 102 Å². The third-order valence-corrected chi connectivity index (χ3v) is 1.70. The second kappa shape index (κ2) is 9.09. The minimum atomic E-state index is 0.594. The molecule has 0 unspecified atom stereocenters. The first-order valence-electron chi connectivity index (χ1n) is 5.37. The van der Waals surface area contributed by atoms with Crippen LogP contribution in [0.4, 0.5) is 0 Å². The highest BCUT2D eigenvalue weighted by atomic mass is 16.5. The highest BCUT2D eigenvalue weighted by molar-refractivity contribution is 5.48. The van der Waals surface area contributed by atoms with Crippen molar-refractivity contribution < 1.29 is 9.15 Å². The van der Waals surface area contributed by atoms with Gasteiger partial charge in [0.25, 0.3) is 0 Å². The zero-order chi connectivity index (χ0) is 12.2. The fourth-order valence-electron chi connectivity index (χ4n) is 0.958. The van der Waals surface area contributed by atoms with E-state index in [1.807, 2.05) is 25.1 Å². The number of allylic oxidation sites excluding steroid dienone is 2. The van der Waals surface area contributed by atoms with Crippen molar-refractivity contribution in [2.45, 2.75) is 6.92 Å². The summed E-state index contributed by atoms with van der Waals surface area (Å²) < 4.78 is 10.2. The van der Waals surface area contributed by atoms with Crippen LogP contribution in [0.15, 0.2) is 41.0 Å². The van der Waals surface area contributed by atoms with Crippen LogP contribution in [0, 0.1) is 23.7 Å². The molecule has 0 aliphatic carbocycles. The maximum absolute atomic E-state index is 5.11. The van der Waals surface area contributed by atoms with E-state index in [1.54, 1.807) is 24.5 Å². The molecular formula is C15H14O2. The smallest absolute Gasteiger partial charge is 0.127 e. The van der Waals surface area contributed by atoms with Gasteiger partial charge >= 0.3 is 0 Å². The Kier molecular flexibility index (Phi) is 6.90. The van der Waals surface area contributed by atoms with E-state index >= 15 is 0 Å². The Morgan fingerprint density at radius 1 is 1.29 bits per heavy atom. The van der Waals surface area contributed by atoms with Gasteiger partial charge in [-0.1, -0.05) is 17.9 Å². The van der Waals surface area contributed by atoms with E-state index in [4.69, 9.17) is 9.15 Å². The maximum atomic E-state index is 5.11. The largest absolute Gasteiger partial charge is 0.465 e. The second-order valence-corrected chi connectivity index (χ2v) is 2.95. The monoisotopic (exact) mass is 226 g/mol. The Morgan fingerprint density at radius 2 is 2.12 bits per heavy atom. The third-order valence-electron chi connectivity index (χ3n) is 1.70. The van der Waals surface area contributed by atoms with Crippen molar-refractivity contribution in [3.63, 3.8) is 0 Å². The molecule has 17 heavy (non-hydrogen) atoms. The van der Waals surface area contributed by atoms with Gasteiger partial charge in [0.05, 0.1) is 12.9 Å². The molecule has 0 bridgehead atoms. The van der Waals surface area contributed by atoms with Crippen LogP contribution in [0.25, 0.3) is 6.08 Å². The molecule has 0 radical (unpaired) electrons. The molecule has 1 rings (SSSR count). The molecule has 0 fully saturated rings. The first-order chi connectivity index (χ1) is 8.43. The van der Waals surface area contributed by atoms with E-state index < -0.39 is 0 Å². The topological polar surface area (TPSA) is 22.4 Å². The first-order valence-corrected chi connectivity index (χ1v) is 5.37. The van der Waals surface area contributed by atoms with E-state index in [2.05, 4.69) is 23.7 Å². The molecule has 0 aliphatic heterocycles. The number of rotatable bonds is 4. The fourth-order valence-corrected chi connectivity index (χ4v) is 0.958. The molecule has 1 aromatic heterocycles. The minimum Gasteiger partial charge on any atom is -0.465 e. The lowest BCUT2D eigenvalue weighted by Gasteiger charge is -1.89. The van der Waals surface area contributed by atoms with Gasteiger partial charge in [0, 0.05) is 6.61 Å². The summed E-state index contributed by atoms with van der Waals surface area (Å²) in [5.41, 5.74) is 0. The van der Waals surface area contributed by atoms with Crippen molar-refractivity contribution in [2.24, 2.45) is 0 Å². The average molecular weight is 226 g/mol. The van der Waals surface area contributed by atoms with Crippen molar-refractivity contribution in [3.05, 3.63) is 42.4 Å². The molecule has 0 spiro atoms. The second-order valence-electron chi connectivity index (χ2n) is 2.95. The first kappa shape index (κ1) is 12.9. The SMILES string of the molecule is CCOC/C=C/C#CC#C/C=C/c1ccco1. The number of hydrogen-bond acceptors (Lipinski definition) is 2. The van der Waals surface area contributed by atoms with Crippen LogP contribution in [0.3, 0.4) is 0 Å². The van der Waals surface area contributed by atoms with Crippen LogP contribution < -0.4 is 0 Å². The third kappa shape index (κ3) is 6.84. The summed E-state index contributed by atoms with van der Waals surface area (Å²) in [5.74, 6) is 11.8. The van der Waals surface area contributed by atoms with Crippen molar-refractivity contribution in [1.29, 1.82) is 0 Å². The molecule has 86 valence electrons. The summed E-state index contributed by atoms with van der Waals surface area (Å²) in [4.78, 5) is 0. The van der Waals surface area contributed by atoms with Crippen LogP contribution in [-0.2, 0) is 4.74 Å². The quantitative estimate of drug-likeness (QED) is 0.582. The van der Waals surface area contributed by atoms with Crippen LogP contribution in [-0.4, -0.2) is 13.2 Å². The standard InChI is InChI=1S/C15H14O2/c1-2-16-13-9-7-5-3-4-6-8-11-15-12-10-14-17-15/h7-12,14H,2,13H2,1H3/b9-7+,11-8+. The highest BCUT2D eigenvalue weighted by Gasteiger charge is 1.83. The number of hydrogen-bond donors (Lipinski definition) is 0. The Morgan fingerprint density at radius 3 is 2.82 bits per heavy atom. The van der Waals surface area contributed by atoms with Gasteiger partial charge in [-0.05, 0) is 49.1 Å². The van der Waals surface area contributed by atoms with Gasteiger partial charge in [0.1, 0.15) is 5.76 Å².